The SMILES string of the molecule is CNCC(=O)c1c(C)c(Br)cc(C(C)C)c1OC. The largest absolute Gasteiger partial charge is 0.496 e. The Labute approximate surface area is 117 Å². The minimum atomic E-state index is 0.0510. The number of Topliss-reactive ketones (excluding diaryl/α,β-unsaturated/α-hetero) is 1. The maximum Gasteiger partial charge on any atom is 0.180 e. The molecule has 0 spiro atoms. The zero-order valence-electron chi connectivity index (χ0n) is 11.6. The number of methoxy groups -OCH3 is 1. The van der Waals surface area contributed by atoms with Gasteiger partial charge in [-0.15, -0.1) is 0 Å². The van der Waals surface area contributed by atoms with E-state index in [1.54, 1.807) is 14.2 Å². The number of hydrogen-bond acceptors (Lipinski definition) is 3. The topological polar surface area (TPSA) is 38.3 Å². The van der Waals surface area contributed by atoms with Crippen molar-refractivity contribution in [2.75, 3.05) is 20.7 Å². The molecule has 0 radical (unpaired) electrons. The summed E-state index contributed by atoms with van der Waals surface area (Å²) in [6, 6.07) is 2.04. The third-order valence-electron chi connectivity index (χ3n) is 2.95. The first-order valence-electron chi connectivity index (χ1n) is 5.98. The van der Waals surface area contributed by atoms with Gasteiger partial charge in [0.2, 0.25) is 0 Å². The third-order valence-corrected chi connectivity index (χ3v) is 3.77. The molecule has 18 heavy (non-hydrogen) atoms. The number of nitrogens with one attached hydrogen (secondary N) is 1. The highest BCUT2D eigenvalue weighted by molar-refractivity contribution is 9.10. The lowest BCUT2D eigenvalue weighted by atomic mass is 9.94. The van der Waals surface area contributed by atoms with Crippen LogP contribution in [0.4, 0.5) is 0 Å². The van der Waals surface area contributed by atoms with Crippen LogP contribution in [0.15, 0.2) is 10.5 Å². The van der Waals surface area contributed by atoms with Gasteiger partial charge in [-0.05, 0) is 37.1 Å². The normalized spacial score (nSPS) is 10.8. The molecule has 0 unspecified atom stereocenters. The zero-order chi connectivity index (χ0) is 13.9. The van der Waals surface area contributed by atoms with Gasteiger partial charge in [-0.1, -0.05) is 29.8 Å². The van der Waals surface area contributed by atoms with Gasteiger partial charge in [0, 0.05) is 4.47 Å². The van der Waals surface area contributed by atoms with Crippen molar-refractivity contribution in [1.82, 2.24) is 5.32 Å². The van der Waals surface area contributed by atoms with E-state index in [-0.39, 0.29) is 5.78 Å². The fraction of sp³-hybridized carbons (Fsp3) is 0.500. The standard InChI is InChI=1S/C14H20BrNO2/c1-8(2)10-6-11(15)9(3)13(14(10)18-5)12(17)7-16-4/h6,8,16H,7H2,1-5H3. The van der Waals surface area contributed by atoms with Crippen molar-refractivity contribution in [2.45, 2.75) is 26.7 Å². The summed E-state index contributed by atoms with van der Waals surface area (Å²) in [5.41, 5.74) is 2.65. The van der Waals surface area contributed by atoms with Gasteiger partial charge in [0.05, 0.1) is 19.2 Å². The molecule has 3 nitrogen and oxygen atoms in total. The summed E-state index contributed by atoms with van der Waals surface area (Å²) in [6.07, 6.45) is 0. The molecule has 0 saturated carbocycles. The van der Waals surface area contributed by atoms with E-state index in [9.17, 15) is 4.79 Å². The van der Waals surface area contributed by atoms with Crippen molar-refractivity contribution in [3.63, 3.8) is 0 Å². The van der Waals surface area contributed by atoms with Crippen molar-refractivity contribution in [2.24, 2.45) is 0 Å². The first-order valence-corrected chi connectivity index (χ1v) is 6.78. The molecule has 100 valence electrons. The Kier molecular flexibility index (Phi) is 5.35. The summed E-state index contributed by atoms with van der Waals surface area (Å²) < 4.78 is 6.42. The lowest BCUT2D eigenvalue weighted by Gasteiger charge is -2.19. The zero-order valence-corrected chi connectivity index (χ0v) is 13.1. The third kappa shape index (κ3) is 2.93. The predicted molar refractivity (Wildman–Crippen MR) is 77.8 cm³/mol. The van der Waals surface area contributed by atoms with Gasteiger partial charge in [0.1, 0.15) is 5.75 Å². The summed E-state index contributed by atoms with van der Waals surface area (Å²) in [7, 11) is 3.38. The lowest BCUT2D eigenvalue weighted by Crippen LogP contribution is -2.21. The van der Waals surface area contributed by atoms with Crippen LogP contribution >= 0.6 is 15.9 Å². The van der Waals surface area contributed by atoms with E-state index in [4.69, 9.17) is 4.74 Å². The molecular weight excluding hydrogens is 294 g/mol. The van der Waals surface area contributed by atoms with Crippen LogP contribution in [0.3, 0.4) is 0 Å². The highest BCUT2D eigenvalue weighted by atomic mass is 79.9. The van der Waals surface area contributed by atoms with Gasteiger partial charge >= 0.3 is 0 Å². The molecule has 0 aromatic heterocycles. The van der Waals surface area contributed by atoms with Gasteiger partial charge in [-0.3, -0.25) is 4.79 Å². The second-order valence-corrected chi connectivity index (χ2v) is 5.44. The van der Waals surface area contributed by atoms with Crippen LogP contribution in [-0.4, -0.2) is 26.5 Å². The van der Waals surface area contributed by atoms with Crippen LogP contribution in [-0.2, 0) is 0 Å². The molecule has 0 aliphatic rings. The number of carbonyl (C=O) groups is 1. The summed E-state index contributed by atoms with van der Waals surface area (Å²) in [4.78, 5) is 12.2. The second-order valence-electron chi connectivity index (χ2n) is 4.59. The predicted octanol–water partition coefficient (Wildman–Crippen LogP) is 3.29. The fourth-order valence-corrected chi connectivity index (χ4v) is 2.42. The van der Waals surface area contributed by atoms with Crippen LogP contribution in [0.2, 0.25) is 0 Å². The lowest BCUT2D eigenvalue weighted by molar-refractivity contribution is 0.0990. The number of rotatable bonds is 5. The molecule has 0 fully saturated rings. The van der Waals surface area contributed by atoms with Crippen LogP contribution in [0.25, 0.3) is 0 Å². The number of halogens is 1. The number of carbonyl (C=O) groups excluding carboxylic acids is 1. The highest BCUT2D eigenvalue weighted by Crippen LogP contribution is 2.36. The molecule has 0 bridgehead atoms. The molecule has 0 aliphatic carbocycles. The maximum absolute atomic E-state index is 12.2. The Bertz CT molecular complexity index is 456. The first-order chi connectivity index (χ1) is 8.43. The Balaban J connectivity index is 3.50. The smallest absolute Gasteiger partial charge is 0.180 e. The van der Waals surface area contributed by atoms with Gasteiger partial charge in [0.15, 0.2) is 5.78 Å². The minimum Gasteiger partial charge on any atom is -0.496 e. The molecule has 1 N–H and O–H groups in total. The van der Waals surface area contributed by atoms with Gasteiger partial charge < -0.3 is 10.1 Å². The molecule has 0 amide bonds. The highest BCUT2D eigenvalue weighted by Gasteiger charge is 2.21. The Morgan fingerprint density at radius 3 is 2.56 bits per heavy atom. The molecule has 1 aromatic rings. The first kappa shape index (κ1) is 15.2. The van der Waals surface area contributed by atoms with Gasteiger partial charge in [0.25, 0.3) is 0 Å². The van der Waals surface area contributed by atoms with Crippen LogP contribution in [0, 0.1) is 6.92 Å². The van der Waals surface area contributed by atoms with E-state index in [0.29, 0.717) is 23.8 Å². The van der Waals surface area contributed by atoms with Crippen molar-refractivity contribution in [3.05, 3.63) is 27.2 Å². The van der Waals surface area contributed by atoms with Crippen molar-refractivity contribution in [1.29, 1.82) is 0 Å². The Hall–Kier alpha value is -0.870. The van der Waals surface area contributed by atoms with Crippen LogP contribution in [0.1, 0.15) is 41.3 Å². The molecule has 0 heterocycles. The Morgan fingerprint density at radius 2 is 2.11 bits per heavy atom. The average Bonchev–Trinajstić information content (AvgIpc) is 2.31. The summed E-state index contributed by atoms with van der Waals surface area (Å²) in [5.74, 6) is 1.05. The quantitative estimate of drug-likeness (QED) is 0.848. The van der Waals surface area contributed by atoms with Crippen LogP contribution < -0.4 is 10.1 Å². The average molecular weight is 314 g/mol. The maximum atomic E-state index is 12.2. The molecule has 0 atom stereocenters. The Morgan fingerprint density at radius 1 is 1.50 bits per heavy atom. The van der Waals surface area contributed by atoms with E-state index in [1.807, 2.05) is 13.0 Å². The van der Waals surface area contributed by atoms with E-state index in [0.717, 1.165) is 15.6 Å². The van der Waals surface area contributed by atoms with Crippen molar-refractivity contribution < 1.29 is 9.53 Å². The molecule has 0 saturated heterocycles. The molecule has 0 aliphatic heterocycles. The van der Waals surface area contributed by atoms with E-state index < -0.39 is 0 Å². The number of benzene rings is 1. The van der Waals surface area contributed by atoms with E-state index in [2.05, 4.69) is 35.1 Å². The summed E-state index contributed by atoms with van der Waals surface area (Å²) in [5, 5.41) is 2.89. The number of ketones is 1. The summed E-state index contributed by atoms with van der Waals surface area (Å²) in [6.45, 7) is 6.42. The minimum absolute atomic E-state index is 0.0510. The van der Waals surface area contributed by atoms with Gasteiger partial charge in [-0.25, -0.2) is 0 Å². The number of likely N-dealkylation sites (N-methyl/N-ethyl adjacent to an activating group) is 1. The molecule has 1 rings (SSSR count). The molecule has 1 aromatic carbocycles. The van der Waals surface area contributed by atoms with Gasteiger partial charge in [-0.2, -0.15) is 0 Å². The number of ether oxygens (including phenoxy) is 1. The van der Waals surface area contributed by atoms with Crippen molar-refractivity contribution >= 4 is 21.7 Å². The van der Waals surface area contributed by atoms with Crippen LogP contribution in [0.5, 0.6) is 5.75 Å². The monoisotopic (exact) mass is 313 g/mol. The van der Waals surface area contributed by atoms with Crippen molar-refractivity contribution in [3.8, 4) is 5.75 Å². The molecule has 4 heteroatoms. The molecular formula is C14H20BrNO2. The van der Waals surface area contributed by atoms with E-state index >= 15 is 0 Å². The van der Waals surface area contributed by atoms with E-state index in [1.165, 1.54) is 0 Å². The second kappa shape index (κ2) is 6.34. The fourth-order valence-electron chi connectivity index (χ4n) is 1.98. The number of hydrogen-bond donors (Lipinski definition) is 1. The summed E-state index contributed by atoms with van der Waals surface area (Å²) >= 11 is 3.52.